The van der Waals surface area contributed by atoms with Gasteiger partial charge in [-0.25, -0.2) is 59.8 Å². The van der Waals surface area contributed by atoms with Crippen LogP contribution >= 0.6 is 0 Å². The number of hydrogen-bond acceptors (Lipinski definition) is 13. The zero-order valence-corrected chi connectivity index (χ0v) is 42.2. The lowest BCUT2D eigenvalue weighted by Crippen LogP contribution is -2.09. The first-order valence-corrected chi connectivity index (χ1v) is 24.2. The number of aryl methyl sites for hydroxylation is 8. The van der Waals surface area contributed by atoms with Crippen molar-refractivity contribution in [2.45, 2.75) is 61.6 Å². The van der Waals surface area contributed by atoms with Crippen LogP contribution in [0.5, 0.6) is 0 Å². The van der Waals surface area contributed by atoms with Gasteiger partial charge in [0.05, 0.1) is 39.0 Å². The van der Waals surface area contributed by atoms with Crippen LogP contribution < -0.4 is 0 Å². The predicted molar refractivity (Wildman–Crippen MR) is 283 cm³/mol. The molecule has 0 amide bonds. The molecule has 0 aliphatic carbocycles. The van der Waals surface area contributed by atoms with Gasteiger partial charge in [-0.2, -0.15) is 18.4 Å². The van der Waals surface area contributed by atoms with Crippen LogP contribution in [0.25, 0.3) is 112 Å². The van der Waals surface area contributed by atoms with Gasteiger partial charge in [0, 0.05) is 43.8 Å². The van der Waals surface area contributed by atoms with Gasteiger partial charge in [0.2, 0.25) is 0 Å². The van der Waals surface area contributed by atoms with Crippen molar-refractivity contribution in [3.05, 3.63) is 167 Å². The molecular formula is C58H42F3N15. The summed E-state index contributed by atoms with van der Waals surface area (Å²) in [5.41, 5.74) is 5.65. The predicted octanol–water partition coefficient (Wildman–Crippen LogP) is 12.3. The molecule has 6 aromatic carbocycles. The van der Waals surface area contributed by atoms with Crippen molar-refractivity contribution < 1.29 is 13.2 Å². The normalized spacial score (nSPS) is 11.9. The van der Waals surface area contributed by atoms with Crippen molar-refractivity contribution in [1.29, 1.82) is 5.26 Å². The molecule has 0 atom stereocenters. The van der Waals surface area contributed by atoms with Crippen molar-refractivity contribution >= 4 is 43.6 Å². The van der Waals surface area contributed by atoms with Crippen molar-refractivity contribution in [3.63, 3.8) is 0 Å². The Bertz CT molecular complexity index is 3930. The van der Waals surface area contributed by atoms with E-state index in [1.165, 1.54) is 12.1 Å². The minimum absolute atomic E-state index is 0.0695. The second-order valence-corrected chi connectivity index (χ2v) is 18.7. The first-order chi connectivity index (χ1) is 36.5. The molecule has 0 N–H and O–H groups in total. The molecule has 0 saturated carbocycles. The number of nitriles is 1. The summed E-state index contributed by atoms with van der Waals surface area (Å²) in [4.78, 5) is 55.0. The van der Waals surface area contributed by atoms with Crippen LogP contribution in [0, 0.1) is 66.7 Å². The highest BCUT2D eigenvalue weighted by Crippen LogP contribution is 2.45. The van der Waals surface area contributed by atoms with E-state index in [-0.39, 0.29) is 16.7 Å². The lowest BCUT2D eigenvalue weighted by Gasteiger charge is -2.20. The maximum Gasteiger partial charge on any atom is 0.417 e. The smallest absolute Gasteiger partial charge is 0.308 e. The maximum absolute atomic E-state index is 15.3. The van der Waals surface area contributed by atoms with Crippen molar-refractivity contribution in [2.24, 2.45) is 0 Å². The number of nitrogens with zero attached hydrogens (tertiary/aromatic N) is 15. The van der Waals surface area contributed by atoms with Crippen LogP contribution in [0.4, 0.5) is 13.2 Å². The molecule has 0 bridgehead atoms. The first-order valence-electron chi connectivity index (χ1n) is 24.2. The van der Waals surface area contributed by atoms with Gasteiger partial charge < -0.3 is 9.13 Å². The largest absolute Gasteiger partial charge is 0.417 e. The summed E-state index contributed by atoms with van der Waals surface area (Å²) in [6.45, 7) is 14.5. The summed E-state index contributed by atoms with van der Waals surface area (Å²) in [6, 6.07) is 34.6. The second-order valence-electron chi connectivity index (χ2n) is 18.7. The Balaban J connectivity index is 1.20. The number of alkyl halides is 3. The molecule has 0 fully saturated rings. The van der Waals surface area contributed by atoms with Gasteiger partial charge >= 0.3 is 6.18 Å². The molecule has 6 aromatic heterocycles. The third-order valence-corrected chi connectivity index (χ3v) is 13.2. The summed E-state index contributed by atoms with van der Waals surface area (Å²) in [5.74, 6) is 6.32. The molecule has 0 spiro atoms. The van der Waals surface area contributed by atoms with Crippen LogP contribution in [0.2, 0.25) is 0 Å². The van der Waals surface area contributed by atoms with E-state index in [1.807, 2.05) is 137 Å². The maximum atomic E-state index is 15.3. The van der Waals surface area contributed by atoms with Gasteiger partial charge in [-0.1, -0.05) is 18.2 Å². The number of benzene rings is 6. The van der Waals surface area contributed by atoms with Gasteiger partial charge in [-0.15, -0.1) is 0 Å². The molecule has 15 nitrogen and oxygen atoms in total. The summed E-state index contributed by atoms with van der Waals surface area (Å²) in [7, 11) is 0. The minimum Gasteiger partial charge on any atom is -0.308 e. The molecule has 370 valence electrons. The molecule has 0 saturated heterocycles. The fourth-order valence-corrected chi connectivity index (χ4v) is 10.3. The van der Waals surface area contributed by atoms with E-state index in [9.17, 15) is 5.26 Å². The summed E-state index contributed by atoms with van der Waals surface area (Å²) in [6.07, 6.45) is -4.72. The SMILES string of the molecule is Cc1nc(C)nc(-c2ccc3c(c2)c2cc(-c4nc(C)nc(C)n4)ccc2n3-c2cc(-c3ccccc3C(F)(F)F)cc(-n3c4ccc(-c5nc(C)nc(C)n5)cc4c4cc(-c5nc(C)nc(C)n5)ccc43)c2C#N)n1. The van der Waals surface area contributed by atoms with Crippen LogP contribution in [0.1, 0.15) is 57.7 Å². The van der Waals surface area contributed by atoms with E-state index >= 15 is 13.2 Å². The molecule has 76 heavy (non-hydrogen) atoms. The fraction of sp³-hybridized carbons (Fsp3) is 0.155. The lowest BCUT2D eigenvalue weighted by atomic mass is 9.96. The van der Waals surface area contributed by atoms with Gasteiger partial charge in [0.25, 0.3) is 0 Å². The second kappa shape index (κ2) is 17.7. The zero-order valence-electron chi connectivity index (χ0n) is 42.2. The highest BCUT2D eigenvalue weighted by Gasteiger charge is 2.34. The Morgan fingerprint density at radius 3 is 0.934 bits per heavy atom. The zero-order chi connectivity index (χ0) is 52.9. The van der Waals surface area contributed by atoms with E-state index in [2.05, 4.69) is 65.9 Å². The Morgan fingerprint density at radius 1 is 0.368 bits per heavy atom. The fourth-order valence-electron chi connectivity index (χ4n) is 10.3. The van der Waals surface area contributed by atoms with Gasteiger partial charge in [-0.05, 0) is 158 Å². The number of hydrogen-bond donors (Lipinski definition) is 0. The topological polar surface area (TPSA) is 188 Å². The van der Waals surface area contributed by atoms with Crippen LogP contribution in [-0.4, -0.2) is 68.9 Å². The van der Waals surface area contributed by atoms with Crippen LogP contribution in [0.3, 0.4) is 0 Å². The third kappa shape index (κ3) is 8.18. The van der Waals surface area contributed by atoms with E-state index in [0.717, 1.165) is 27.6 Å². The van der Waals surface area contributed by atoms with E-state index in [4.69, 9.17) is 0 Å². The first kappa shape index (κ1) is 47.3. The van der Waals surface area contributed by atoms with E-state index in [0.29, 0.717) is 126 Å². The monoisotopic (exact) mass is 1010 g/mol. The number of fused-ring (bicyclic) bond motifs is 6. The van der Waals surface area contributed by atoms with Crippen LogP contribution in [0.15, 0.2) is 109 Å². The number of halogens is 3. The summed E-state index contributed by atoms with van der Waals surface area (Å²) in [5, 5.41) is 14.8. The average molecular weight is 1010 g/mol. The Labute approximate surface area is 432 Å². The third-order valence-electron chi connectivity index (χ3n) is 13.2. The summed E-state index contributed by atoms with van der Waals surface area (Å²) < 4.78 is 49.6. The number of aromatic nitrogens is 14. The van der Waals surface area contributed by atoms with Gasteiger partial charge in [-0.3, -0.25) is 0 Å². The van der Waals surface area contributed by atoms with Crippen molar-refractivity contribution in [3.8, 4) is 74.1 Å². The molecule has 0 unspecified atom stereocenters. The molecule has 12 rings (SSSR count). The van der Waals surface area contributed by atoms with Gasteiger partial charge in [0.15, 0.2) is 23.3 Å². The standard InChI is InChI=1S/C58H42F3N15/c1-28-63-29(2)68-54(67-28)36-13-17-48-42(21-36)43-22-37(55-69-30(3)64-31(4)70-55)14-18-49(43)75(48)52-25-40(41-11-9-10-12-47(41)58(59,60)61)26-53(46(52)27-62)76-50-19-15-38(56-71-32(5)65-33(6)72-56)23-44(50)45-24-39(16-20-51(45)76)57-73-34(7)66-35(8)74-57/h9-26H,1-8H3. The molecule has 18 heteroatoms. The van der Waals surface area contributed by atoms with E-state index < -0.39 is 11.7 Å². The van der Waals surface area contributed by atoms with Crippen LogP contribution in [-0.2, 0) is 6.18 Å². The Kier molecular flexibility index (Phi) is 11.0. The molecule has 0 radical (unpaired) electrons. The molecule has 12 aromatic rings. The molecular weight excluding hydrogens is 964 g/mol. The van der Waals surface area contributed by atoms with Gasteiger partial charge in [0.1, 0.15) is 58.2 Å². The van der Waals surface area contributed by atoms with Crippen molar-refractivity contribution in [1.82, 2.24) is 68.9 Å². The summed E-state index contributed by atoms with van der Waals surface area (Å²) >= 11 is 0. The lowest BCUT2D eigenvalue weighted by molar-refractivity contribution is -0.137. The molecule has 0 aliphatic heterocycles. The molecule has 0 aliphatic rings. The van der Waals surface area contributed by atoms with Crippen molar-refractivity contribution in [2.75, 3.05) is 0 Å². The quantitative estimate of drug-likeness (QED) is 0.147. The highest BCUT2D eigenvalue weighted by atomic mass is 19.4. The Hall–Kier alpha value is -9.76. The van der Waals surface area contributed by atoms with E-state index in [1.54, 1.807) is 18.2 Å². The molecule has 6 heterocycles. The highest BCUT2D eigenvalue weighted by molar-refractivity contribution is 6.13. The average Bonchev–Trinajstić information content (AvgIpc) is 3.97. The Morgan fingerprint density at radius 2 is 0.658 bits per heavy atom. The number of rotatable bonds is 7. The minimum atomic E-state index is -4.72.